The molecular weight excluding hydrogens is 247 g/mol. The molecule has 0 atom stereocenters. The van der Waals surface area contributed by atoms with Gasteiger partial charge in [0, 0.05) is 0 Å². The molecule has 64 valence electrons. The van der Waals surface area contributed by atoms with Crippen molar-refractivity contribution >= 4 is 132 Å². The van der Waals surface area contributed by atoms with Gasteiger partial charge >= 0.3 is 132 Å². The molecule has 5 N–H and O–H groups in total. The minimum absolute atomic E-state index is 0. The van der Waals surface area contributed by atoms with Gasteiger partial charge in [-0.2, -0.15) is 0 Å². The summed E-state index contributed by atoms with van der Waals surface area (Å²) < 4.78 is 8.88. The van der Waals surface area contributed by atoms with Gasteiger partial charge in [-0.3, -0.25) is 0 Å². The predicted molar refractivity (Wildman–Crippen MR) is 53.5 cm³/mol. The van der Waals surface area contributed by atoms with Gasteiger partial charge in [-0.25, -0.2) is 9.36 Å². The van der Waals surface area contributed by atoms with Gasteiger partial charge in [-0.05, 0) is 0 Å². The van der Waals surface area contributed by atoms with Crippen LogP contribution in [0.3, 0.4) is 0 Å². The fourth-order valence-corrected chi connectivity index (χ4v) is 0. The molecule has 0 bridgehead atoms. The van der Waals surface area contributed by atoms with E-state index in [2.05, 4.69) is 0 Å². The van der Waals surface area contributed by atoms with Gasteiger partial charge in [0.2, 0.25) is 0 Å². The predicted octanol–water partition coefficient (Wildman–Crippen LogP) is -3.30. The van der Waals surface area contributed by atoms with Crippen LogP contribution in [0, 0.1) is 0 Å². The molecule has 13 heavy (non-hydrogen) atoms. The monoisotopic (exact) mass is 256 g/mol. The van der Waals surface area contributed by atoms with E-state index in [1.54, 1.807) is 0 Å². The molecule has 0 unspecified atom stereocenters. The number of phosphoric acid groups is 1. The topological polar surface area (TPSA) is 135 Å². The molecule has 7 nitrogen and oxygen atoms in total. The van der Waals surface area contributed by atoms with Crippen LogP contribution < -0.4 is 0 Å². The van der Waals surface area contributed by atoms with Crippen molar-refractivity contribution in [3.63, 3.8) is 0 Å². The van der Waals surface area contributed by atoms with Gasteiger partial charge in [0.1, 0.15) is 0 Å². The normalized spacial score (nSPS) is 6.38. The van der Waals surface area contributed by atoms with E-state index in [4.69, 9.17) is 34.3 Å². The molecule has 0 rings (SSSR count). The summed E-state index contributed by atoms with van der Waals surface area (Å²) in [6.45, 7) is 0. The van der Waals surface area contributed by atoms with Crippen LogP contribution in [0.25, 0.3) is 0 Å². The van der Waals surface area contributed by atoms with E-state index in [0.29, 0.717) is 0 Å². The quantitative estimate of drug-likeness (QED) is 0.226. The molecular formula is CH9Na4O7P. The molecule has 0 heterocycles. The third-order valence-corrected chi connectivity index (χ3v) is 0. The molecule has 0 aromatic carbocycles. The summed E-state index contributed by atoms with van der Waals surface area (Å²) >= 11 is 0. The Balaban J connectivity index is -0.0000000146. The van der Waals surface area contributed by atoms with Crippen molar-refractivity contribution in [2.24, 2.45) is 0 Å². The van der Waals surface area contributed by atoms with E-state index in [9.17, 15) is 0 Å². The number of rotatable bonds is 0. The average molecular weight is 256 g/mol. The molecule has 0 aromatic heterocycles. The molecule has 0 aromatic rings. The van der Waals surface area contributed by atoms with Crippen molar-refractivity contribution in [1.82, 2.24) is 0 Å². The van der Waals surface area contributed by atoms with E-state index in [0.717, 1.165) is 0 Å². The number of carbonyl (C=O) groups is 1. The molecule has 0 fully saturated rings. The third-order valence-electron chi connectivity index (χ3n) is 0. The summed E-state index contributed by atoms with van der Waals surface area (Å²) in [6.07, 6.45) is -1.83. The molecule has 0 radical (unpaired) electrons. The van der Waals surface area contributed by atoms with Gasteiger partial charge < -0.3 is 24.9 Å². The van der Waals surface area contributed by atoms with Crippen LogP contribution >= 0.6 is 7.82 Å². The first-order valence-electron chi connectivity index (χ1n) is 1.43. The molecule has 0 aliphatic rings. The second kappa shape index (κ2) is 20.8. The van der Waals surface area contributed by atoms with Crippen LogP contribution in [0.1, 0.15) is 0 Å². The zero-order chi connectivity index (χ0) is 8.08. The van der Waals surface area contributed by atoms with Crippen molar-refractivity contribution < 1.29 is 34.3 Å². The zero-order valence-electron chi connectivity index (χ0n) is 4.00. The summed E-state index contributed by atoms with van der Waals surface area (Å²) in [4.78, 5) is 30.1. The van der Waals surface area contributed by atoms with E-state index in [-0.39, 0.29) is 118 Å². The second-order valence-corrected chi connectivity index (χ2v) is 1.82. The standard InChI is InChI=1S/CH2O3.4Na.H3O4P.4H/c2-1(3)4;;;;;1-5(2,3)4;;;;/h(H2,2,3,4);;;;;(H3,1,2,3,4);;;;. The first-order chi connectivity index (χ1) is 3.73. The van der Waals surface area contributed by atoms with Crippen molar-refractivity contribution in [2.75, 3.05) is 0 Å². The Morgan fingerprint density at radius 2 is 0.846 bits per heavy atom. The average Bonchev–Trinajstić information content (AvgIpc) is 1.19. The Kier molecular flexibility index (Phi) is 57.4. The molecule has 0 saturated heterocycles. The van der Waals surface area contributed by atoms with Crippen molar-refractivity contribution in [1.29, 1.82) is 0 Å². The molecule has 0 spiro atoms. The Morgan fingerprint density at radius 1 is 0.846 bits per heavy atom. The minimum atomic E-state index is -4.64. The Bertz CT molecular complexity index is 120. The number of hydrogen-bond acceptors (Lipinski definition) is 2. The first kappa shape index (κ1) is 36.0. The third kappa shape index (κ3) is 241. The van der Waals surface area contributed by atoms with Crippen LogP contribution in [-0.4, -0.2) is 149 Å². The van der Waals surface area contributed by atoms with Crippen molar-refractivity contribution in [2.45, 2.75) is 0 Å². The van der Waals surface area contributed by atoms with Crippen LogP contribution in [0.15, 0.2) is 0 Å². The summed E-state index contributed by atoms with van der Waals surface area (Å²) in [5.74, 6) is 0. The van der Waals surface area contributed by atoms with Crippen molar-refractivity contribution in [3.05, 3.63) is 0 Å². The SMILES string of the molecule is O=C(O)O.O=P(O)(O)O.[NaH].[NaH].[NaH].[NaH]. The summed E-state index contributed by atoms with van der Waals surface area (Å²) in [7, 11) is -4.64. The summed E-state index contributed by atoms with van der Waals surface area (Å²) in [5, 5.41) is 13.9. The zero-order valence-corrected chi connectivity index (χ0v) is 4.89. The molecule has 0 amide bonds. The van der Waals surface area contributed by atoms with Gasteiger partial charge in [0.25, 0.3) is 0 Å². The van der Waals surface area contributed by atoms with Crippen LogP contribution in [-0.2, 0) is 4.57 Å². The fourth-order valence-electron chi connectivity index (χ4n) is 0. The van der Waals surface area contributed by atoms with Crippen LogP contribution in [0.2, 0.25) is 0 Å². The van der Waals surface area contributed by atoms with E-state index < -0.39 is 14.0 Å². The Labute approximate surface area is 163 Å². The van der Waals surface area contributed by atoms with Gasteiger partial charge in [-0.15, -0.1) is 0 Å². The first-order valence-corrected chi connectivity index (χ1v) is 3.00. The van der Waals surface area contributed by atoms with Crippen LogP contribution in [0.5, 0.6) is 0 Å². The molecule has 0 saturated carbocycles. The summed E-state index contributed by atoms with van der Waals surface area (Å²) in [5.41, 5.74) is 0. The van der Waals surface area contributed by atoms with Gasteiger partial charge in [0.05, 0.1) is 0 Å². The Hall–Kier alpha value is 3.38. The summed E-state index contributed by atoms with van der Waals surface area (Å²) in [6, 6.07) is 0. The maximum absolute atomic E-state index is 8.88. The second-order valence-electron chi connectivity index (χ2n) is 0.796. The molecule has 0 aliphatic carbocycles. The van der Waals surface area contributed by atoms with Crippen LogP contribution in [0.4, 0.5) is 4.79 Å². The van der Waals surface area contributed by atoms with E-state index in [1.165, 1.54) is 0 Å². The van der Waals surface area contributed by atoms with E-state index in [1.807, 2.05) is 0 Å². The Morgan fingerprint density at radius 3 is 0.846 bits per heavy atom. The number of hydrogen-bond donors (Lipinski definition) is 5. The van der Waals surface area contributed by atoms with E-state index >= 15 is 0 Å². The van der Waals surface area contributed by atoms with Gasteiger partial charge in [-0.1, -0.05) is 0 Å². The number of carboxylic acid groups (broad SMARTS) is 2. The maximum atomic E-state index is 8.88. The molecule has 12 heteroatoms. The van der Waals surface area contributed by atoms with Crippen molar-refractivity contribution in [3.8, 4) is 0 Å². The fraction of sp³-hybridized carbons (Fsp3) is 0. The van der Waals surface area contributed by atoms with Gasteiger partial charge in [0.15, 0.2) is 0 Å². The molecule has 0 aliphatic heterocycles.